The summed E-state index contributed by atoms with van der Waals surface area (Å²) in [5.74, 6) is 2.96. The van der Waals surface area contributed by atoms with Crippen LogP contribution in [0.4, 0.5) is 0 Å². The zero-order valence-electron chi connectivity index (χ0n) is 12.7. The van der Waals surface area contributed by atoms with Crippen LogP contribution in [0.15, 0.2) is 0 Å². The van der Waals surface area contributed by atoms with Crippen molar-refractivity contribution in [1.29, 1.82) is 0 Å². The second-order valence-electron chi connectivity index (χ2n) is 5.52. The zero-order chi connectivity index (χ0) is 13.7. The van der Waals surface area contributed by atoms with Crippen LogP contribution in [0.3, 0.4) is 0 Å². The molecule has 1 N–H and O–H groups in total. The Morgan fingerprint density at radius 1 is 1.21 bits per heavy atom. The molecule has 0 aromatic carbocycles. The fourth-order valence-electron chi connectivity index (χ4n) is 3.22. The third kappa shape index (κ3) is 3.56. The molecule has 0 saturated heterocycles. The van der Waals surface area contributed by atoms with Gasteiger partial charge in [0.25, 0.3) is 0 Å². The molecular weight excluding hydrogens is 236 g/mol. The van der Waals surface area contributed by atoms with E-state index in [1.807, 2.05) is 0 Å². The second-order valence-corrected chi connectivity index (χ2v) is 5.52. The van der Waals surface area contributed by atoms with Crippen molar-refractivity contribution in [1.82, 2.24) is 20.1 Å². The van der Waals surface area contributed by atoms with Gasteiger partial charge in [-0.1, -0.05) is 27.2 Å². The molecule has 19 heavy (non-hydrogen) atoms. The van der Waals surface area contributed by atoms with Crippen LogP contribution in [-0.2, 0) is 19.4 Å². The number of nitrogens with zero attached hydrogens (tertiary/aromatic N) is 3. The number of rotatable bonds is 7. The van der Waals surface area contributed by atoms with E-state index in [4.69, 9.17) is 0 Å². The molecule has 2 atom stereocenters. The maximum atomic E-state index is 4.62. The topological polar surface area (TPSA) is 42.7 Å². The SMILES string of the molecule is CCNC1CCCC1CCn1nc(CC)nc1CC. The average Bonchev–Trinajstić information content (AvgIpc) is 3.02. The number of aryl methyl sites for hydroxylation is 3. The summed E-state index contributed by atoms with van der Waals surface area (Å²) in [4.78, 5) is 4.58. The van der Waals surface area contributed by atoms with E-state index in [0.29, 0.717) is 0 Å². The standard InChI is InChI=1S/C15H28N4/c1-4-14-17-15(5-2)19(18-14)11-10-12-8-7-9-13(12)16-6-3/h12-13,16H,4-11H2,1-3H3. The van der Waals surface area contributed by atoms with Gasteiger partial charge in [0.1, 0.15) is 5.82 Å². The molecule has 0 amide bonds. The third-order valence-corrected chi connectivity index (χ3v) is 4.26. The molecule has 0 aliphatic heterocycles. The quantitative estimate of drug-likeness (QED) is 0.823. The van der Waals surface area contributed by atoms with Crippen molar-refractivity contribution >= 4 is 0 Å². The van der Waals surface area contributed by atoms with Crippen LogP contribution < -0.4 is 5.32 Å². The van der Waals surface area contributed by atoms with E-state index in [-0.39, 0.29) is 0 Å². The van der Waals surface area contributed by atoms with Gasteiger partial charge in [-0.05, 0) is 31.7 Å². The first-order valence-electron chi connectivity index (χ1n) is 7.94. The van der Waals surface area contributed by atoms with Crippen molar-refractivity contribution in [2.75, 3.05) is 6.54 Å². The van der Waals surface area contributed by atoms with Gasteiger partial charge in [-0.25, -0.2) is 9.67 Å². The van der Waals surface area contributed by atoms with Crippen molar-refractivity contribution < 1.29 is 0 Å². The van der Waals surface area contributed by atoms with Gasteiger partial charge in [-0.3, -0.25) is 0 Å². The Morgan fingerprint density at radius 3 is 2.74 bits per heavy atom. The Morgan fingerprint density at radius 2 is 2.05 bits per heavy atom. The number of nitrogens with one attached hydrogen (secondary N) is 1. The van der Waals surface area contributed by atoms with Crippen LogP contribution >= 0.6 is 0 Å². The maximum Gasteiger partial charge on any atom is 0.150 e. The molecule has 1 saturated carbocycles. The molecule has 4 heteroatoms. The Hall–Kier alpha value is -0.900. The number of aromatic nitrogens is 3. The average molecular weight is 264 g/mol. The molecule has 1 heterocycles. The minimum absolute atomic E-state index is 0.726. The van der Waals surface area contributed by atoms with Gasteiger partial charge in [0.05, 0.1) is 0 Å². The lowest BCUT2D eigenvalue weighted by Gasteiger charge is -2.20. The molecule has 1 aromatic heterocycles. The minimum atomic E-state index is 0.726. The third-order valence-electron chi connectivity index (χ3n) is 4.26. The van der Waals surface area contributed by atoms with Gasteiger partial charge in [0.15, 0.2) is 5.82 Å². The summed E-state index contributed by atoms with van der Waals surface area (Å²) in [5, 5.41) is 8.25. The Kier molecular flexibility index (Phi) is 5.37. The molecule has 108 valence electrons. The molecular formula is C15H28N4. The van der Waals surface area contributed by atoms with Crippen molar-refractivity contribution in [2.45, 2.75) is 71.9 Å². The summed E-state index contributed by atoms with van der Waals surface area (Å²) in [5.41, 5.74) is 0. The fraction of sp³-hybridized carbons (Fsp3) is 0.867. The first kappa shape index (κ1) is 14.5. The van der Waals surface area contributed by atoms with Gasteiger partial charge in [-0.2, -0.15) is 5.10 Å². The summed E-state index contributed by atoms with van der Waals surface area (Å²) in [6, 6.07) is 0.726. The van der Waals surface area contributed by atoms with Gasteiger partial charge >= 0.3 is 0 Å². The summed E-state index contributed by atoms with van der Waals surface area (Å²) in [7, 11) is 0. The normalized spacial score (nSPS) is 23.1. The first-order chi connectivity index (χ1) is 9.28. The van der Waals surface area contributed by atoms with Crippen LogP contribution in [-0.4, -0.2) is 27.4 Å². The molecule has 0 bridgehead atoms. The van der Waals surface area contributed by atoms with Crippen molar-refractivity contribution in [3.63, 3.8) is 0 Å². The van der Waals surface area contributed by atoms with Gasteiger partial charge in [0.2, 0.25) is 0 Å². The molecule has 4 nitrogen and oxygen atoms in total. The van der Waals surface area contributed by atoms with E-state index < -0.39 is 0 Å². The molecule has 2 unspecified atom stereocenters. The molecule has 1 aliphatic rings. The van der Waals surface area contributed by atoms with Gasteiger partial charge < -0.3 is 5.32 Å². The molecule has 1 aliphatic carbocycles. The Bertz CT molecular complexity index is 385. The lowest BCUT2D eigenvalue weighted by Crippen LogP contribution is -2.32. The predicted octanol–water partition coefficient (Wildman–Crippen LogP) is 2.57. The Balaban J connectivity index is 1.92. The van der Waals surface area contributed by atoms with E-state index in [1.54, 1.807) is 0 Å². The first-order valence-corrected chi connectivity index (χ1v) is 7.94. The number of hydrogen-bond acceptors (Lipinski definition) is 3. The van der Waals surface area contributed by atoms with Crippen molar-refractivity contribution in [3.8, 4) is 0 Å². The molecule has 2 rings (SSSR count). The van der Waals surface area contributed by atoms with E-state index in [2.05, 4.69) is 40.9 Å². The lowest BCUT2D eigenvalue weighted by atomic mass is 9.99. The zero-order valence-corrected chi connectivity index (χ0v) is 12.7. The van der Waals surface area contributed by atoms with E-state index in [9.17, 15) is 0 Å². The Labute approximate surface area is 117 Å². The van der Waals surface area contributed by atoms with E-state index in [1.165, 1.54) is 25.7 Å². The lowest BCUT2D eigenvalue weighted by molar-refractivity contribution is 0.355. The summed E-state index contributed by atoms with van der Waals surface area (Å²) < 4.78 is 2.14. The van der Waals surface area contributed by atoms with Gasteiger partial charge in [0, 0.05) is 25.4 Å². The molecule has 0 radical (unpaired) electrons. The van der Waals surface area contributed by atoms with Crippen LogP contribution in [0.5, 0.6) is 0 Å². The highest BCUT2D eigenvalue weighted by molar-refractivity contribution is 4.93. The molecule has 1 fully saturated rings. The van der Waals surface area contributed by atoms with Crippen LogP contribution in [0.25, 0.3) is 0 Å². The molecule has 1 aromatic rings. The highest BCUT2D eigenvalue weighted by atomic mass is 15.3. The van der Waals surface area contributed by atoms with Crippen molar-refractivity contribution in [2.24, 2.45) is 5.92 Å². The molecule has 0 spiro atoms. The maximum absolute atomic E-state index is 4.62. The summed E-state index contributed by atoms with van der Waals surface area (Å²) in [6.45, 7) is 8.61. The highest BCUT2D eigenvalue weighted by Gasteiger charge is 2.26. The van der Waals surface area contributed by atoms with Crippen LogP contribution in [0.1, 0.15) is 58.1 Å². The predicted molar refractivity (Wildman–Crippen MR) is 78.2 cm³/mol. The second kappa shape index (κ2) is 7.04. The van der Waals surface area contributed by atoms with Crippen LogP contribution in [0.2, 0.25) is 0 Å². The monoisotopic (exact) mass is 264 g/mol. The van der Waals surface area contributed by atoms with Gasteiger partial charge in [-0.15, -0.1) is 0 Å². The van der Waals surface area contributed by atoms with E-state index in [0.717, 1.165) is 49.5 Å². The fourth-order valence-corrected chi connectivity index (χ4v) is 3.22. The number of hydrogen-bond donors (Lipinski definition) is 1. The largest absolute Gasteiger partial charge is 0.314 e. The summed E-state index contributed by atoms with van der Waals surface area (Å²) >= 11 is 0. The van der Waals surface area contributed by atoms with Crippen molar-refractivity contribution in [3.05, 3.63) is 11.6 Å². The highest BCUT2D eigenvalue weighted by Crippen LogP contribution is 2.28. The van der Waals surface area contributed by atoms with Crippen LogP contribution in [0, 0.1) is 5.92 Å². The smallest absolute Gasteiger partial charge is 0.150 e. The summed E-state index contributed by atoms with van der Waals surface area (Å²) in [6.07, 6.45) is 7.24. The van der Waals surface area contributed by atoms with E-state index >= 15 is 0 Å². The minimum Gasteiger partial charge on any atom is -0.314 e.